The van der Waals surface area contributed by atoms with Crippen molar-refractivity contribution in [2.45, 2.75) is 187 Å². The molecule has 408 valence electrons. The third-order valence-electron chi connectivity index (χ3n) is 15.0. The SMILES string of the molecule is CC(=O)OC(COc1ccc(C(C)(C)c2ccc(OCC(CN3C(=O)N(C(C)=O)C4(CC(C)(C)N(C(C)=O)C(C)(C)C4)C3=O)OC(C)=O)cc2)cc1)CN1C(=O)N(C(C)=O)C2(CC(C)(C)N(C(C)=O)C(C)(C)C2)C1=O. The Balaban J connectivity index is 1.12. The van der Waals surface area contributed by atoms with Gasteiger partial charge in [0.05, 0.1) is 13.1 Å². The topological polar surface area (TPSA) is 227 Å². The number of esters is 2. The van der Waals surface area contributed by atoms with Gasteiger partial charge in [-0.2, -0.15) is 0 Å². The van der Waals surface area contributed by atoms with E-state index in [-0.39, 0.29) is 63.8 Å². The van der Waals surface area contributed by atoms with Crippen LogP contribution in [0.2, 0.25) is 0 Å². The molecule has 2 atom stereocenters. The van der Waals surface area contributed by atoms with E-state index in [1.165, 1.54) is 41.5 Å². The van der Waals surface area contributed by atoms with Crippen LogP contribution in [-0.2, 0) is 53.2 Å². The van der Waals surface area contributed by atoms with E-state index in [9.17, 15) is 47.9 Å². The van der Waals surface area contributed by atoms with E-state index in [1.54, 1.807) is 89.5 Å². The highest BCUT2D eigenvalue weighted by Gasteiger charge is 2.68. The smallest absolute Gasteiger partial charge is 0.334 e. The summed E-state index contributed by atoms with van der Waals surface area (Å²) in [4.78, 5) is 141. The van der Waals surface area contributed by atoms with Crippen LogP contribution in [0.1, 0.15) is 148 Å². The molecule has 4 fully saturated rings. The van der Waals surface area contributed by atoms with Crippen LogP contribution in [0, 0.1) is 0 Å². The molecule has 20 heteroatoms. The van der Waals surface area contributed by atoms with Crippen molar-refractivity contribution >= 4 is 59.4 Å². The lowest BCUT2D eigenvalue weighted by atomic mass is 9.68. The number of hydrogen-bond acceptors (Lipinski definition) is 14. The van der Waals surface area contributed by atoms with Crippen LogP contribution in [0.15, 0.2) is 48.5 Å². The van der Waals surface area contributed by atoms with Gasteiger partial charge in [-0.15, -0.1) is 0 Å². The summed E-state index contributed by atoms with van der Waals surface area (Å²) in [6.07, 6.45) is -2.15. The molecule has 2 spiro atoms. The number of benzene rings is 2. The summed E-state index contributed by atoms with van der Waals surface area (Å²) in [5, 5.41) is 0. The molecule has 4 aliphatic rings. The number of ether oxygens (including phenoxy) is 4. The maximum absolute atomic E-state index is 14.5. The van der Waals surface area contributed by atoms with E-state index in [1.807, 2.05) is 38.1 Å². The minimum absolute atomic E-state index is 0.0123. The van der Waals surface area contributed by atoms with Gasteiger partial charge in [0, 0.05) is 94.8 Å². The molecule has 75 heavy (non-hydrogen) atoms. The van der Waals surface area contributed by atoms with E-state index in [0.29, 0.717) is 11.5 Å². The van der Waals surface area contributed by atoms with Gasteiger partial charge in [-0.25, -0.2) is 19.4 Å². The first-order chi connectivity index (χ1) is 34.5. The third kappa shape index (κ3) is 10.7. The average molecular weight is 1040 g/mol. The number of imide groups is 4. The second kappa shape index (κ2) is 20.0. The van der Waals surface area contributed by atoms with Gasteiger partial charge < -0.3 is 28.7 Å². The maximum Gasteiger partial charge on any atom is 0.334 e. The number of rotatable bonds is 14. The molecule has 20 nitrogen and oxygen atoms in total. The van der Waals surface area contributed by atoms with E-state index >= 15 is 0 Å². The van der Waals surface area contributed by atoms with Crippen LogP contribution in [0.25, 0.3) is 0 Å². The van der Waals surface area contributed by atoms with E-state index in [0.717, 1.165) is 30.7 Å². The molecule has 0 radical (unpaired) electrons. The molecule has 10 amide bonds. The van der Waals surface area contributed by atoms with Crippen molar-refractivity contribution in [1.29, 1.82) is 0 Å². The molecule has 2 aromatic carbocycles. The van der Waals surface area contributed by atoms with Gasteiger partial charge in [0.1, 0.15) is 35.8 Å². The molecular weight excluding hydrogens is 969 g/mol. The fourth-order valence-electron chi connectivity index (χ4n) is 13.5. The quantitative estimate of drug-likeness (QED) is 0.153. The number of piperidine rings is 2. The van der Waals surface area contributed by atoms with Crippen LogP contribution < -0.4 is 9.47 Å². The van der Waals surface area contributed by atoms with Crippen molar-refractivity contribution in [2.75, 3.05) is 26.3 Å². The Morgan fingerprint density at radius 2 is 0.760 bits per heavy atom. The third-order valence-corrected chi connectivity index (χ3v) is 15.0. The van der Waals surface area contributed by atoms with Gasteiger partial charge in [0.2, 0.25) is 23.6 Å². The zero-order valence-corrected chi connectivity index (χ0v) is 46.3. The number of amides is 10. The van der Waals surface area contributed by atoms with Crippen molar-refractivity contribution in [1.82, 2.24) is 29.4 Å². The van der Waals surface area contributed by atoms with Gasteiger partial charge in [0.25, 0.3) is 11.8 Å². The lowest BCUT2D eigenvalue weighted by Crippen LogP contribution is -2.71. The summed E-state index contributed by atoms with van der Waals surface area (Å²) >= 11 is 0. The van der Waals surface area contributed by atoms with Gasteiger partial charge in [-0.05, 0) is 90.8 Å². The minimum Gasteiger partial charge on any atom is -0.490 e. The van der Waals surface area contributed by atoms with Crippen molar-refractivity contribution in [3.05, 3.63) is 59.7 Å². The molecular formula is C55H74N6O14. The Morgan fingerprint density at radius 1 is 0.480 bits per heavy atom. The molecule has 4 saturated heterocycles. The first kappa shape index (κ1) is 57.4. The van der Waals surface area contributed by atoms with Crippen LogP contribution in [0.5, 0.6) is 11.5 Å². The highest BCUT2D eigenvalue weighted by molar-refractivity contribution is 6.15. The molecule has 0 bridgehead atoms. The van der Waals surface area contributed by atoms with Crippen LogP contribution in [0.3, 0.4) is 0 Å². The number of hydrogen-bond donors (Lipinski definition) is 0. The van der Waals surface area contributed by atoms with Crippen molar-refractivity contribution in [2.24, 2.45) is 0 Å². The average Bonchev–Trinajstić information content (AvgIpc) is 3.55. The summed E-state index contributed by atoms with van der Waals surface area (Å²) in [5.74, 6) is -3.41. The number of carbonyl (C=O) groups is 10. The fraction of sp³-hybridized carbons (Fsp3) is 0.600. The van der Waals surface area contributed by atoms with Gasteiger partial charge in [0.15, 0.2) is 12.2 Å². The van der Waals surface area contributed by atoms with E-state index in [2.05, 4.69) is 0 Å². The molecule has 4 heterocycles. The summed E-state index contributed by atoms with van der Waals surface area (Å²) < 4.78 is 23.3. The Labute approximate surface area is 439 Å². The highest BCUT2D eigenvalue weighted by atomic mass is 16.6. The maximum atomic E-state index is 14.5. The second-order valence-corrected chi connectivity index (χ2v) is 23.6. The van der Waals surface area contributed by atoms with Crippen molar-refractivity contribution in [3.8, 4) is 11.5 Å². The van der Waals surface area contributed by atoms with E-state index in [4.69, 9.17) is 18.9 Å². The lowest BCUT2D eigenvalue weighted by molar-refractivity contribution is -0.165. The fourth-order valence-corrected chi connectivity index (χ4v) is 13.5. The standard InChI is InChI=1S/C55H74N6O14/c1-33(62)58-47(70)56(45(68)54(58)29-49(7,8)60(35(3)64)50(9,10)30-54)25-43(74-37(5)66)27-72-41-21-17-39(18-22-41)53(15,16)40-19-23-42(24-20-40)73-28-44(75-38(6)67)26-57-46(69)55(59(34(2)63)48(57)71)31-51(11,12)61(36(4)65)52(13,14)32-55/h17-24,43-44H,25-32H2,1-16H3. The Morgan fingerprint density at radius 3 is 1.00 bits per heavy atom. The second-order valence-electron chi connectivity index (χ2n) is 23.6. The molecule has 2 unspecified atom stereocenters. The number of nitrogens with zero attached hydrogens (tertiary/aromatic N) is 6. The first-order valence-electron chi connectivity index (χ1n) is 25.2. The monoisotopic (exact) mass is 1040 g/mol. The largest absolute Gasteiger partial charge is 0.490 e. The Bertz CT molecular complexity index is 2460. The van der Waals surface area contributed by atoms with Gasteiger partial charge >= 0.3 is 24.0 Å². The van der Waals surface area contributed by atoms with Crippen molar-refractivity contribution in [3.63, 3.8) is 0 Å². The van der Waals surface area contributed by atoms with Crippen molar-refractivity contribution < 1.29 is 66.9 Å². The highest BCUT2D eigenvalue weighted by Crippen LogP contribution is 2.51. The molecule has 6 rings (SSSR count). The zero-order chi connectivity index (χ0) is 56.3. The molecule has 0 aliphatic carbocycles. The van der Waals surface area contributed by atoms with Crippen LogP contribution in [-0.4, -0.2) is 161 Å². The van der Waals surface area contributed by atoms with Gasteiger partial charge in [-0.3, -0.25) is 48.2 Å². The molecule has 0 N–H and O–H groups in total. The Kier molecular flexibility index (Phi) is 15.3. The first-order valence-corrected chi connectivity index (χ1v) is 25.2. The zero-order valence-electron chi connectivity index (χ0n) is 46.3. The number of carbonyl (C=O) groups excluding carboxylic acids is 10. The predicted molar refractivity (Wildman–Crippen MR) is 272 cm³/mol. The summed E-state index contributed by atoms with van der Waals surface area (Å²) in [6, 6.07) is 12.8. The molecule has 0 saturated carbocycles. The molecule has 0 aromatic heterocycles. The summed E-state index contributed by atoms with van der Waals surface area (Å²) in [6.45, 7) is 25.0. The summed E-state index contributed by atoms with van der Waals surface area (Å²) in [5.41, 5.74) is -5.55. The van der Waals surface area contributed by atoms with Gasteiger partial charge in [-0.1, -0.05) is 38.1 Å². The number of likely N-dealkylation sites (tertiary alicyclic amines) is 2. The lowest BCUT2D eigenvalue weighted by Gasteiger charge is -2.58. The molecule has 2 aromatic rings. The van der Waals surface area contributed by atoms with Crippen LogP contribution >= 0.6 is 0 Å². The van der Waals surface area contributed by atoms with Crippen LogP contribution in [0.4, 0.5) is 9.59 Å². The predicted octanol–water partition coefficient (Wildman–Crippen LogP) is 6.13. The normalized spacial score (nSPS) is 21.1. The summed E-state index contributed by atoms with van der Waals surface area (Å²) in [7, 11) is 0. The minimum atomic E-state index is -1.58. The number of urea groups is 2. The van der Waals surface area contributed by atoms with E-state index < -0.39 is 98.5 Å². The Hall–Kier alpha value is -6.86. The molecule has 4 aliphatic heterocycles.